The molecule has 1 saturated heterocycles. The van der Waals surface area contributed by atoms with E-state index >= 15 is 0 Å². The van der Waals surface area contributed by atoms with E-state index in [1.807, 2.05) is 6.07 Å². The molecule has 8 heteroatoms. The molecule has 7 nitrogen and oxygen atoms in total. The zero-order valence-corrected chi connectivity index (χ0v) is 13.9. The van der Waals surface area contributed by atoms with Crippen molar-refractivity contribution in [3.8, 4) is 11.8 Å². The molecule has 2 heterocycles. The van der Waals surface area contributed by atoms with Gasteiger partial charge in [-0.2, -0.15) is 22.3 Å². The molecule has 0 amide bonds. The molecule has 0 spiro atoms. The Labute approximate surface area is 135 Å². The van der Waals surface area contributed by atoms with Gasteiger partial charge < -0.3 is 4.74 Å². The summed E-state index contributed by atoms with van der Waals surface area (Å²) in [6.45, 7) is 3.79. The van der Waals surface area contributed by atoms with E-state index in [0.717, 1.165) is 0 Å². The summed E-state index contributed by atoms with van der Waals surface area (Å²) in [4.78, 5) is 12.9. The zero-order valence-electron chi connectivity index (χ0n) is 13.1. The van der Waals surface area contributed by atoms with Gasteiger partial charge in [0.15, 0.2) is 11.4 Å². The number of rotatable bonds is 1. The van der Waals surface area contributed by atoms with Crippen LogP contribution in [0.1, 0.15) is 31.0 Å². The van der Waals surface area contributed by atoms with Gasteiger partial charge in [-0.15, -0.1) is 0 Å². The Bertz CT molecular complexity index is 826. The van der Waals surface area contributed by atoms with Gasteiger partial charge >= 0.3 is 0 Å². The molecule has 1 atom stereocenters. The molecule has 1 fully saturated rings. The highest BCUT2D eigenvalue weighted by Crippen LogP contribution is 2.42. The lowest BCUT2D eigenvalue weighted by Crippen LogP contribution is -2.51. The van der Waals surface area contributed by atoms with Gasteiger partial charge in [0.05, 0.1) is 11.6 Å². The van der Waals surface area contributed by atoms with Crippen molar-refractivity contribution in [2.24, 2.45) is 0 Å². The fraction of sp³-hybridized carbons (Fsp3) is 0.467. The van der Waals surface area contributed by atoms with E-state index in [1.165, 1.54) is 21.7 Å². The second-order valence-electron chi connectivity index (χ2n) is 6.18. The summed E-state index contributed by atoms with van der Waals surface area (Å²) in [5, 5.41) is 9.09. The van der Waals surface area contributed by atoms with Crippen molar-refractivity contribution in [3.05, 3.63) is 29.3 Å². The third-order valence-electron chi connectivity index (χ3n) is 4.25. The second kappa shape index (κ2) is 5.03. The Morgan fingerprint density at radius 3 is 2.61 bits per heavy atom. The Morgan fingerprint density at radius 2 is 2.04 bits per heavy atom. The van der Waals surface area contributed by atoms with Gasteiger partial charge in [0.25, 0.3) is 10.2 Å². The predicted molar refractivity (Wildman–Crippen MR) is 81.9 cm³/mol. The molecule has 1 aromatic rings. The lowest BCUT2D eigenvalue weighted by molar-refractivity contribution is -0.138. The van der Waals surface area contributed by atoms with Gasteiger partial charge in [-0.25, -0.2) is 0 Å². The Balaban J connectivity index is 2.19. The number of fused-ring (bicyclic) bond motifs is 1. The molecule has 1 unspecified atom stereocenters. The average molecular weight is 335 g/mol. The minimum atomic E-state index is -3.70. The lowest BCUT2D eigenvalue weighted by atomic mass is 9.87. The Morgan fingerprint density at radius 1 is 1.35 bits per heavy atom. The molecule has 0 N–H and O–H groups in total. The van der Waals surface area contributed by atoms with E-state index in [-0.39, 0.29) is 12.3 Å². The fourth-order valence-electron chi connectivity index (χ4n) is 2.92. The van der Waals surface area contributed by atoms with Crippen LogP contribution in [0.3, 0.4) is 0 Å². The molecule has 0 aliphatic carbocycles. The van der Waals surface area contributed by atoms with Crippen LogP contribution in [-0.2, 0) is 15.0 Å². The van der Waals surface area contributed by atoms with Gasteiger partial charge in [0, 0.05) is 25.7 Å². The largest absolute Gasteiger partial charge is 0.480 e. The molecule has 2 aliphatic rings. The number of ketones is 1. The van der Waals surface area contributed by atoms with Gasteiger partial charge in [0.1, 0.15) is 11.8 Å². The summed E-state index contributed by atoms with van der Waals surface area (Å²) in [7, 11) is -2.22. The third-order valence-corrected chi connectivity index (χ3v) is 6.21. The van der Waals surface area contributed by atoms with Gasteiger partial charge in [-0.1, -0.05) is 0 Å². The predicted octanol–water partition coefficient (Wildman–Crippen LogP) is 0.832. The molecule has 0 bridgehead atoms. The number of nitriles is 1. The highest BCUT2D eigenvalue weighted by molar-refractivity contribution is 7.87. The molecule has 1 aromatic carbocycles. The van der Waals surface area contributed by atoms with E-state index in [9.17, 15) is 13.2 Å². The van der Waals surface area contributed by atoms with Gasteiger partial charge in [0.2, 0.25) is 0 Å². The molecule has 23 heavy (non-hydrogen) atoms. The van der Waals surface area contributed by atoms with Crippen molar-refractivity contribution >= 4 is 16.0 Å². The normalized spacial score (nSPS) is 26.3. The van der Waals surface area contributed by atoms with Crippen LogP contribution in [0.2, 0.25) is 0 Å². The molecule has 3 rings (SSSR count). The summed E-state index contributed by atoms with van der Waals surface area (Å²) >= 11 is 0. The van der Waals surface area contributed by atoms with Crippen LogP contribution in [0.15, 0.2) is 18.2 Å². The quantitative estimate of drug-likeness (QED) is 0.758. The van der Waals surface area contributed by atoms with Gasteiger partial charge in [-0.05, 0) is 32.0 Å². The van der Waals surface area contributed by atoms with Crippen LogP contribution < -0.4 is 4.74 Å². The minimum Gasteiger partial charge on any atom is -0.480 e. The molecule has 122 valence electrons. The number of likely N-dealkylation sites (N-methyl/N-ethyl adjacent to an activating group) is 1. The van der Waals surface area contributed by atoms with E-state index in [0.29, 0.717) is 23.4 Å². The fourth-order valence-corrected chi connectivity index (χ4v) is 4.38. The van der Waals surface area contributed by atoms with E-state index in [2.05, 4.69) is 0 Å². The third kappa shape index (κ3) is 2.32. The SMILES string of the molecule is CN1CCN(C2C(=O)C(C)(C)Oc3ccc(C#N)cc32)S1(=O)=O. The topological polar surface area (TPSA) is 90.7 Å². The first-order valence-corrected chi connectivity index (χ1v) is 8.58. The van der Waals surface area contributed by atoms with Crippen LogP contribution in [0.4, 0.5) is 0 Å². The maximum Gasteiger partial charge on any atom is 0.282 e. The summed E-state index contributed by atoms with van der Waals surface area (Å²) in [6, 6.07) is 5.76. The number of hydrogen-bond donors (Lipinski definition) is 0. The van der Waals surface area contributed by atoms with E-state index in [1.54, 1.807) is 26.0 Å². The van der Waals surface area contributed by atoms with Crippen LogP contribution in [0.25, 0.3) is 0 Å². The Kier molecular flexibility index (Phi) is 3.48. The van der Waals surface area contributed by atoms with Crippen molar-refractivity contribution in [2.45, 2.75) is 25.5 Å². The number of carbonyl (C=O) groups excluding carboxylic acids is 1. The average Bonchev–Trinajstić information content (AvgIpc) is 2.74. The number of nitrogens with zero attached hydrogens (tertiary/aromatic N) is 3. The second-order valence-corrected chi connectivity index (χ2v) is 8.17. The molecular formula is C15H17N3O4S. The molecule has 0 aromatic heterocycles. The first kappa shape index (κ1) is 15.9. The lowest BCUT2D eigenvalue weighted by Gasteiger charge is -2.39. The van der Waals surface area contributed by atoms with Crippen LogP contribution in [-0.4, -0.2) is 48.5 Å². The standard InChI is InChI=1S/C15H17N3O4S/c1-15(2)14(19)13(18-7-6-17(3)23(18,20)21)11-8-10(9-16)4-5-12(11)22-15/h4-5,8,13H,6-7H2,1-3H3. The minimum absolute atomic E-state index is 0.224. The summed E-state index contributed by atoms with van der Waals surface area (Å²) in [5.41, 5.74) is -0.357. The first-order valence-electron chi connectivity index (χ1n) is 7.19. The van der Waals surface area contributed by atoms with Crippen molar-refractivity contribution < 1.29 is 17.9 Å². The number of carbonyl (C=O) groups is 1. The number of benzene rings is 1. The Hall–Kier alpha value is -1.95. The summed E-state index contributed by atoms with van der Waals surface area (Å²) < 4.78 is 33.1. The highest BCUT2D eigenvalue weighted by atomic mass is 32.2. The highest BCUT2D eigenvalue weighted by Gasteiger charge is 2.50. The smallest absolute Gasteiger partial charge is 0.282 e. The van der Waals surface area contributed by atoms with Crippen molar-refractivity contribution in [3.63, 3.8) is 0 Å². The maximum atomic E-state index is 12.9. The molecule has 0 radical (unpaired) electrons. The zero-order chi connectivity index (χ0) is 17.0. The van der Waals surface area contributed by atoms with E-state index < -0.39 is 21.9 Å². The van der Waals surface area contributed by atoms with Crippen LogP contribution in [0, 0.1) is 11.3 Å². The van der Waals surface area contributed by atoms with Crippen LogP contribution in [0.5, 0.6) is 5.75 Å². The number of ether oxygens (including phenoxy) is 1. The first-order chi connectivity index (χ1) is 10.7. The van der Waals surface area contributed by atoms with Gasteiger partial charge in [-0.3, -0.25) is 4.79 Å². The van der Waals surface area contributed by atoms with Crippen molar-refractivity contribution in [2.75, 3.05) is 20.1 Å². The van der Waals surface area contributed by atoms with E-state index in [4.69, 9.17) is 10.00 Å². The van der Waals surface area contributed by atoms with Crippen LogP contribution >= 0.6 is 0 Å². The monoisotopic (exact) mass is 335 g/mol. The number of Topliss-reactive ketones (excluding diaryl/α,β-unsaturated/α-hetero) is 1. The maximum absolute atomic E-state index is 12.9. The summed E-state index contributed by atoms with van der Waals surface area (Å²) in [5.74, 6) is 0.0994. The molecule has 0 saturated carbocycles. The molecular weight excluding hydrogens is 318 g/mol. The van der Waals surface area contributed by atoms with Crippen molar-refractivity contribution in [1.82, 2.24) is 8.61 Å². The summed E-state index contributed by atoms with van der Waals surface area (Å²) in [6.07, 6.45) is 0. The van der Waals surface area contributed by atoms with Crippen molar-refractivity contribution in [1.29, 1.82) is 5.26 Å². The number of hydrogen-bond acceptors (Lipinski definition) is 5. The molecule has 2 aliphatic heterocycles.